The summed E-state index contributed by atoms with van der Waals surface area (Å²) in [6.45, 7) is 6.83. The summed E-state index contributed by atoms with van der Waals surface area (Å²) in [6.07, 6.45) is 0.375. The van der Waals surface area contributed by atoms with E-state index in [1.54, 1.807) is 6.92 Å². The number of anilines is 1. The molecule has 0 aliphatic carbocycles. The van der Waals surface area contributed by atoms with Crippen molar-refractivity contribution in [2.75, 3.05) is 18.1 Å². The van der Waals surface area contributed by atoms with Crippen LogP contribution < -0.4 is 4.90 Å². The second-order valence-electron chi connectivity index (χ2n) is 7.50. The summed E-state index contributed by atoms with van der Waals surface area (Å²) in [5.41, 5.74) is 4.85. The Balaban J connectivity index is 1.72. The van der Waals surface area contributed by atoms with Gasteiger partial charge in [0.25, 0.3) is 0 Å². The molecule has 29 heavy (non-hydrogen) atoms. The number of hydrogen-bond acceptors (Lipinski definition) is 4. The molecule has 6 nitrogen and oxygen atoms in total. The van der Waals surface area contributed by atoms with Gasteiger partial charge >= 0.3 is 5.97 Å². The Hall–Kier alpha value is -3.15. The number of amides is 1. The molecule has 1 aliphatic rings. The topological polar surface area (TPSA) is 64.4 Å². The molecule has 1 saturated heterocycles. The molecule has 0 saturated carbocycles. The molecule has 1 fully saturated rings. The monoisotopic (exact) mass is 391 g/mol. The van der Waals surface area contributed by atoms with Gasteiger partial charge in [-0.25, -0.2) is 4.98 Å². The Bertz CT molecular complexity index is 1070. The Morgan fingerprint density at radius 2 is 1.86 bits per heavy atom. The van der Waals surface area contributed by atoms with Crippen molar-refractivity contribution in [3.05, 3.63) is 59.4 Å². The molecule has 4 rings (SSSR count). The maximum absolute atomic E-state index is 12.9. The summed E-state index contributed by atoms with van der Waals surface area (Å²) < 4.78 is 7.06. The number of nitrogens with zero attached hydrogens (tertiary/aromatic N) is 3. The van der Waals surface area contributed by atoms with Gasteiger partial charge in [-0.15, -0.1) is 0 Å². The van der Waals surface area contributed by atoms with Crippen LogP contribution in [0.15, 0.2) is 42.5 Å². The minimum Gasteiger partial charge on any atom is -0.465 e. The zero-order valence-electron chi connectivity index (χ0n) is 17.0. The van der Waals surface area contributed by atoms with E-state index in [1.165, 1.54) is 0 Å². The summed E-state index contributed by atoms with van der Waals surface area (Å²) >= 11 is 0. The summed E-state index contributed by atoms with van der Waals surface area (Å²) in [6, 6.07) is 13.8. The lowest BCUT2D eigenvalue weighted by atomic mass is 10.1. The first kappa shape index (κ1) is 19.2. The van der Waals surface area contributed by atoms with Gasteiger partial charge in [-0.3, -0.25) is 9.59 Å². The Morgan fingerprint density at radius 3 is 2.59 bits per heavy atom. The third-order valence-corrected chi connectivity index (χ3v) is 5.48. The van der Waals surface area contributed by atoms with Crippen LogP contribution in [0.5, 0.6) is 0 Å². The molecule has 0 spiro atoms. The maximum atomic E-state index is 12.9. The van der Waals surface area contributed by atoms with E-state index in [1.807, 2.05) is 65.8 Å². The Kier molecular flexibility index (Phi) is 5.09. The van der Waals surface area contributed by atoms with Crippen molar-refractivity contribution >= 4 is 28.6 Å². The first-order chi connectivity index (χ1) is 14.0. The molecule has 1 aromatic heterocycles. The van der Waals surface area contributed by atoms with Crippen molar-refractivity contribution in [3.8, 4) is 0 Å². The fraction of sp³-hybridized carbons (Fsp3) is 0.348. The predicted octanol–water partition coefficient (Wildman–Crippen LogP) is 3.74. The first-order valence-electron chi connectivity index (χ1n) is 9.97. The molecule has 1 amide bonds. The van der Waals surface area contributed by atoms with Crippen LogP contribution in [0.1, 0.15) is 36.2 Å². The summed E-state index contributed by atoms with van der Waals surface area (Å²) in [5, 5.41) is 0. The van der Waals surface area contributed by atoms with Crippen molar-refractivity contribution in [1.82, 2.24) is 9.55 Å². The first-order valence-corrected chi connectivity index (χ1v) is 9.97. The van der Waals surface area contributed by atoms with Gasteiger partial charge in [-0.1, -0.05) is 30.3 Å². The van der Waals surface area contributed by atoms with E-state index in [4.69, 9.17) is 9.72 Å². The largest absolute Gasteiger partial charge is 0.465 e. The van der Waals surface area contributed by atoms with Gasteiger partial charge in [0.2, 0.25) is 5.91 Å². The van der Waals surface area contributed by atoms with Crippen LogP contribution >= 0.6 is 0 Å². The number of aryl methyl sites for hydroxylation is 2. The van der Waals surface area contributed by atoms with Gasteiger partial charge < -0.3 is 14.2 Å². The quantitative estimate of drug-likeness (QED) is 0.622. The second kappa shape index (κ2) is 7.70. The number of carbonyl (C=O) groups excluding carboxylic acids is 2. The summed E-state index contributed by atoms with van der Waals surface area (Å²) in [7, 11) is 0. The molecule has 6 heteroatoms. The van der Waals surface area contributed by atoms with Crippen LogP contribution in [0.25, 0.3) is 11.0 Å². The fourth-order valence-corrected chi connectivity index (χ4v) is 4.24. The van der Waals surface area contributed by atoms with Gasteiger partial charge in [0.05, 0.1) is 17.6 Å². The molecule has 0 radical (unpaired) electrons. The van der Waals surface area contributed by atoms with Crippen LogP contribution in [0.2, 0.25) is 0 Å². The van der Waals surface area contributed by atoms with Crippen molar-refractivity contribution in [3.63, 3.8) is 0 Å². The lowest BCUT2D eigenvalue weighted by Crippen LogP contribution is -2.26. The molecule has 150 valence electrons. The van der Waals surface area contributed by atoms with Crippen molar-refractivity contribution in [2.45, 2.75) is 39.7 Å². The van der Waals surface area contributed by atoms with E-state index in [-0.39, 0.29) is 24.3 Å². The smallest absolute Gasteiger partial charge is 0.326 e. The van der Waals surface area contributed by atoms with Gasteiger partial charge in [-0.2, -0.15) is 0 Å². The highest BCUT2D eigenvalue weighted by Crippen LogP contribution is 2.35. The molecule has 0 bridgehead atoms. The number of esters is 1. The zero-order valence-corrected chi connectivity index (χ0v) is 17.0. The number of para-hydroxylation sites is 3. The molecule has 0 unspecified atom stereocenters. The third kappa shape index (κ3) is 3.50. The average Bonchev–Trinajstić information content (AvgIpc) is 3.23. The van der Waals surface area contributed by atoms with Crippen LogP contribution in [-0.4, -0.2) is 34.6 Å². The molecule has 0 N–H and O–H groups in total. The third-order valence-electron chi connectivity index (χ3n) is 5.48. The van der Waals surface area contributed by atoms with E-state index < -0.39 is 0 Å². The lowest BCUT2D eigenvalue weighted by molar-refractivity contribution is -0.143. The van der Waals surface area contributed by atoms with Crippen LogP contribution in [0.4, 0.5) is 5.69 Å². The highest BCUT2D eigenvalue weighted by atomic mass is 16.5. The number of fused-ring (bicyclic) bond motifs is 1. The molecule has 3 aromatic rings. The van der Waals surface area contributed by atoms with Crippen LogP contribution in [0, 0.1) is 13.8 Å². The second-order valence-corrected chi connectivity index (χ2v) is 7.50. The standard InChI is InChI=1S/C23H25N3O3/c1-4-29-21(28)14-25-19-11-6-5-10-18(19)24-23(25)17-12-20(27)26(13-17)22-15(2)8-7-9-16(22)3/h5-11,17H,4,12-14H2,1-3H3/t17-/m0/s1. The van der Waals surface area contributed by atoms with E-state index in [0.29, 0.717) is 19.6 Å². The molecule has 2 aromatic carbocycles. The van der Waals surface area contributed by atoms with E-state index in [2.05, 4.69) is 0 Å². The van der Waals surface area contributed by atoms with Crippen molar-refractivity contribution in [1.29, 1.82) is 0 Å². The normalized spacial score (nSPS) is 16.6. The molecule has 1 atom stereocenters. The number of hydrogen-bond donors (Lipinski definition) is 0. The highest BCUT2D eigenvalue weighted by molar-refractivity contribution is 5.98. The number of benzene rings is 2. The number of rotatable bonds is 5. The van der Waals surface area contributed by atoms with E-state index in [0.717, 1.165) is 33.7 Å². The SMILES string of the molecule is CCOC(=O)Cn1c([C@H]2CC(=O)N(c3c(C)cccc3C)C2)nc2ccccc21. The Labute approximate surface area is 170 Å². The van der Waals surface area contributed by atoms with Crippen LogP contribution in [0.3, 0.4) is 0 Å². The highest BCUT2D eigenvalue weighted by Gasteiger charge is 2.36. The Morgan fingerprint density at radius 1 is 1.14 bits per heavy atom. The lowest BCUT2D eigenvalue weighted by Gasteiger charge is -2.21. The average molecular weight is 391 g/mol. The molecule has 2 heterocycles. The van der Waals surface area contributed by atoms with Gasteiger partial charge in [0, 0.05) is 24.6 Å². The minimum absolute atomic E-state index is 0.0802. The zero-order chi connectivity index (χ0) is 20.5. The van der Waals surface area contributed by atoms with Gasteiger partial charge in [0.15, 0.2) is 0 Å². The van der Waals surface area contributed by atoms with Gasteiger partial charge in [-0.05, 0) is 44.0 Å². The van der Waals surface area contributed by atoms with Crippen molar-refractivity contribution in [2.24, 2.45) is 0 Å². The molecular weight excluding hydrogens is 366 g/mol. The van der Waals surface area contributed by atoms with E-state index in [9.17, 15) is 9.59 Å². The molecular formula is C23H25N3O3. The summed E-state index contributed by atoms with van der Waals surface area (Å²) in [4.78, 5) is 31.8. The molecule has 1 aliphatic heterocycles. The number of carbonyl (C=O) groups is 2. The maximum Gasteiger partial charge on any atom is 0.326 e. The minimum atomic E-state index is -0.298. The fourth-order valence-electron chi connectivity index (χ4n) is 4.24. The van der Waals surface area contributed by atoms with Crippen LogP contribution in [-0.2, 0) is 20.9 Å². The predicted molar refractivity (Wildman–Crippen MR) is 112 cm³/mol. The summed E-state index contributed by atoms with van der Waals surface area (Å²) in [5.74, 6) is 0.472. The van der Waals surface area contributed by atoms with Gasteiger partial charge in [0.1, 0.15) is 12.4 Å². The number of aromatic nitrogens is 2. The van der Waals surface area contributed by atoms with E-state index >= 15 is 0 Å². The number of ether oxygens (including phenoxy) is 1. The number of imidazole rings is 1. The van der Waals surface area contributed by atoms with Crippen molar-refractivity contribution < 1.29 is 14.3 Å².